The van der Waals surface area contributed by atoms with Gasteiger partial charge in [0.05, 0.1) is 12.8 Å². The summed E-state index contributed by atoms with van der Waals surface area (Å²) in [7, 11) is 0. The second-order valence-corrected chi connectivity index (χ2v) is 5.20. The van der Waals surface area contributed by atoms with Crippen molar-refractivity contribution in [1.82, 2.24) is 0 Å². The van der Waals surface area contributed by atoms with Crippen LogP contribution < -0.4 is 0 Å². The van der Waals surface area contributed by atoms with Crippen LogP contribution in [0.1, 0.15) is 22.3 Å². The summed E-state index contributed by atoms with van der Waals surface area (Å²) in [6, 6.07) is 11.6. The molecule has 3 rings (SSSR count). The Hall–Kier alpha value is -2.62. The smallest absolute Gasteiger partial charge is 0.307 e. The molecule has 4 nitrogen and oxygen atoms in total. The molecular weight excluding hydrogens is 268 g/mol. The standard InChI is InChI=1S/C17H14O4/c18-16(19)8-11-5-6-13-12-4-2-1-3-10(12)7-15(13)14(11)9-17(20)21/h1-6H,7-9H2,(H,18,19)(H,20,21). The lowest BCUT2D eigenvalue weighted by atomic mass is 9.92. The minimum atomic E-state index is -0.947. The van der Waals surface area contributed by atoms with Crippen molar-refractivity contribution in [3.63, 3.8) is 0 Å². The minimum Gasteiger partial charge on any atom is -0.481 e. The third-order valence-corrected chi connectivity index (χ3v) is 3.87. The predicted molar refractivity (Wildman–Crippen MR) is 77.4 cm³/mol. The lowest BCUT2D eigenvalue weighted by Crippen LogP contribution is -2.10. The quantitative estimate of drug-likeness (QED) is 0.771. The Labute approximate surface area is 121 Å². The summed E-state index contributed by atoms with van der Waals surface area (Å²) in [6.45, 7) is 0. The topological polar surface area (TPSA) is 74.6 Å². The van der Waals surface area contributed by atoms with E-state index in [2.05, 4.69) is 0 Å². The highest BCUT2D eigenvalue weighted by Gasteiger charge is 2.24. The summed E-state index contributed by atoms with van der Waals surface area (Å²) in [5, 5.41) is 18.1. The maximum absolute atomic E-state index is 11.1. The van der Waals surface area contributed by atoms with E-state index in [-0.39, 0.29) is 12.8 Å². The lowest BCUT2D eigenvalue weighted by Gasteiger charge is -2.12. The van der Waals surface area contributed by atoms with Gasteiger partial charge < -0.3 is 10.2 Å². The van der Waals surface area contributed by atoms with Gasteiger partial charge in [0.2, 0.25) is 0 Å². The van der Waals surface area contributed by atoms with E-state index in [1.54, 1.807) is 6.07 Å². The van der Waals surface area contributed by atoms with Crippen molar-refractivity contribution in [2.45, 2.75) is 19.3 Å². The fraction of sp³-hybridized carbons (Fsp3) is 0.176. The lowest BCUT2D eigenvalue weighted by molar-refractivity contribution is -0.137. The van der Waals surface area contributed by atoms with Crippen LogP contribution in [0.5, 0.6) is 0 Å². The Balaban J connectivity index is 2.15. The largest absolute Gasteiger partial charge is 0.481 e. The molecule has 0 spiro atoms. The van der Waals surface area contributed by atoms with E-state index in [9.17, 15) is 9.59 Å². The number of benzene rings is 2. The first-order valence-corrected chi connectivity index (χ1v) is 6.71. The summed E-state index contributed by atoms with van der Waals surface area (Å²) in [5.74, 6) is -1.89. The molecule has 2 aromatic carbocycles. The Morgan fingerprint density at radius 1 is 0.905 bits per heavy atom. The molecule has 21 heavy (non-hydrogen) atoms. The molecule has 0 bridgehead atoms. The van der Waals surface area contributed by atoms with Crippen LogP contribution in [0.3, 0.4) is 0 Å². The van der Waals surface area contributed by atoms with Gasteiger partial charge in [0, 0.05) is 0 Å². The summed E-state index contributed by atoms with van der Waals surface area (Å²) in [4.78, 5) is 22.1. The van der Waals surface area contributed by atoms with Gasteiger partial charge in [-0.1, -0.05) is 36.4 Å². The predicted octanol–water partition coefficient (Wildman–Crippen LogP) is 2.51. The molecule has 106 valence electrons. The van der Waals surface area contributed by atoms with Gasteiger partial charge in [-0.2, -0.15) is 0 Å². The molecule has 0 amide bonds. The van der Waals surface area contributed by atoms with E-state index in [0.717, 1.165) is 22.3 Å². The summed E-state index contributed by atoms with van der Waals surface area (Å²) < 4.78 is 0. The van der Waals surface area contributed by atoms with Crippen LogP contribution in [0.4, 0.5) is 0 Å². The monoisotopic (exact) mass is 282 g/mol. The van der Waals surface area contributed by atoms with Crippen molar-refractivity contribution < 1.29 is 19.8 Å². The number of fused-ring (bicyclic) bond motifs is 3. The Morgan fingerprint density at radius 3 is 2.33 bits per heavy atom. The molecule has 0 saturated heterocycles. The zero-order chi connectivity index (χ0) is 15.0. The van der Waals surface area contributed by atoms with Gasteiger partial charge in [0.25, 0.3) is 0 Å². The third-order valence-electron chi connectivity index (χ3n) is 3.87. The third kappa shape index (κ3) is 2.40. The molecule has 0 atom stereocenters. The van der Waals surface area contributed by atoms with E-state index in [1.165, 1.54) is 0 Å². The second-order valence-electron chi connectivity index (χ2n) is 5.20. The van der Waals surface area contributed by atoms with Crippen molar-refractivity contribution in [1.29, 1.82) is 0 Å². The zero-order valence-electron chi connectivity index (χ0n) is 11.3. The number of hydrogen-bond acceptors (Lipinski definition) is 2. The number of rotatable bonds is 4. The molecule has 1 aliphatic carbocycles. The molecule has 2 N–H and O–H groups in total. The van der Waals surface area contributed by atoms with Gasteiger partial charge in [0.15, 0.2) is 0 Å². The minimum absolute atomic E-state index is 0.139. The van der Waals surface area contributed by atoms with Gasteiger partial charge in [0.1, 0.15) is 0 Å². The Morgan fingerprint density at radius 2 is 1.62 bits per heavy atom. The molecule has 2 aromatic rings. The summed E-state index contributed by atoms with van der Waals surface area (Å²) in [6.07, 6.45) is 0.383. The van der Waals surface area contributed by atoms with E-state index < -0.39 is 11.9 Å². The Bertz CT molecular complexity index is 746. The fourth-order valence-corrected chi connectivity index (χ4v) is 3.02. The highest BCUT2D eigenvalue weighted by molar-refractivity contribution is 5.82. The molecule has 0 aliphatic heterocycles. The van der Waals surface area contributed by atoms with Crippen molar-refractivity contribution in [2.24, 2.45) is 0 Å². The molecule has 0 saturated carbocycles. The maximum atomic E-state index is 11.1. The van der Waals surface area contributed by atoms with Crippen molar-refractivity contribution in [2.75, 3.05) is 0 Å². The van der Waals surface area contributed by atoms with Gasteiger partial charge in [-0.3, -0.25) is 9.59 Å². The molecule has 0 heterocycles. The first kappa shape index (κ1) is 13.4. The highest BCUT2D eigenvalue weighted by atomic mass is 16.4. The molecule has 4 heteroatoms. The van der Waals surface area contributed by atoms with Crippen LogP contribution in [0, 0.1) is 0 Å². The fourth-order valence-electron chi connectivity index (χ4n) is 3.02. The SMILES string of the molecule is O=C(O)Cc1ccc2c(c1CC(=O)O)Cc1ccccc1-2. The summed E-state index contributed by atoms with van der Waals surface area (Å²) in [5.41, 5.74) is 5.50. The van der Waals surface area contributed by atoms with E-state index in [0.29, 0.717) is 17.5 Å². The maximum Gasteiger partial charge on any atom is 0.307 e. The van der Waals surface area contributed by atoms with E-state index in [1.807, 2.05) is 30.3 Å². The number of carboxylic acid groups (broad SMARTS) is 2. The number of hydrogen-bond donors (Lipinski definition) is 2. The van der Waals surface area contributed by atoms with Gasteiger partial charge in [-0.05, 0) is 39.8 Å². The van der Waals surface area contributed by atoms with Gasteiger partial charge >= 0.3 is 11.9 Å². The number of carboxylic acids is 2. The first-order valence-electron chi connectivity index (χ1n) is 6.71. The highest BCUT2D eigenvalue weighted by Crippen LogP contribution is 2.39. The van der Waals surface area contributed by atoms with Crippen LogP contribution in [0.2, 0.25) is 0 Å². The van der Waals surface area contributed by atoms with Crippen molar-refractivity contribution in [3.8, 4) is 11.1 Å². The Kier molecular flexibility index (Phi) is 3.22. The van der Waals surface area contributed by atoms with Crippen LogP contribution in [-0.2, 0) is 28.9 Å². The molecule has 0 unspecified atom stereocenters. The molecular formula is C17H14O4. The van der Waals surface area contributed by atoms with E-state index in [4.69, 9.17) is 10.2 Å². The van der Waals surface area contributed by atoms with Crippen molar-refractivity contribution in [3.05, 3.63) is 58.7 Å². The molecule has 0 fully saturated rings. The molecule has 1 aliphatic rings. The zero-order valence-corrected chi connectivity index (χ0v) is 11.3. The van der Waals surface area contributed by atoms with Gasteiger partial charge in [-0.25, -0.2) is 0 Å². The number of carbonyl (C=O) groups is 2. The van der Waals surface area contributed by atoms with E-state index >= 15 is 0 Å². The average Bonchev–Trinajstić information content (AvgIpc) is 2.79. The van der Waals surface area contributed by atoms with Crippen LogP contribution in [0.15, 0.2) is 36.4 Å². The number of aliphatic carboxylic acids is 2. The molecule has 0 radical (unpaired) electrons. The average molecular weight is 282 g/mol. The van der Waals surface area contributed by atoms with Crippen LogP contribution in [-0.4, -0.2) is 22.2 Å². The van der Waals surface area contributed by atoms with Crippen LogP contribution in [0.25, 0.3) is 11.1 Å². The summed E-state index contributed by atoms with van der Waals surface area (Å²) >= 11 is 0. The second kappa shape index (κ2) is 5.05. The first-order chi connectivity index (χ1) is 10.1. The normalized spacial score (nSPS) is 11.8. The molecule has 0 aromatic heterocycles. The van der Waals surface area contributed by atoms with Crippen molar-refractivity contribution >= 4 is 11.9 Å². The van der Waals surface area contributed by atoms with Gasteiger partial charge in [-0.15, -0.1) is 0 Å². The van der Waals surface area contributed by atoms with Crippen LogP contribution >= 0.6 is 0 Å².